The summed E-state index contributed by atoms with van der Waals surface area (Å²) in [7, 11) is 0. The zero-order chi connectivity index (χ0) is 13.3. The summed E-state index contributed by atoms with van der Waals surface area (Å²) in [6, 6.07) is 4.16. The van der Waals surface area contributed by atoms with Crippen LogP contribution in [0, 0.1) is 0 Å². The first-order valence-electron chi connectivity index (χ1n) is 6.79. The van der Waals surface area contributed by atoms with Gasteiger partial charge in [-0.15, -0.1) is 11.3 Å². The summed E-state index contributed by atoms with van der Waals surface area (Å²) in [6.07, 6.45) is 6.27. The molecule has 0 amide bonds. The Balaban J connectivity index is 1.71. The first-order valence-corrected chi connectivity index (χ1v) is 7.67. The van der Waals surface area contributed by atoms with Crippen LogP contribution in [0.15, 0.2) is 23.7 Å². The minimum absolute atomic E-state index is 0.312. The molecule has 4 nitrogen and oxygen atoms in total. The maximum Gasteiger partial charge on any atom is 0.0794 e. The Labute approximate surface area is 117 Å². The summed E-state index contributed by atoms with van der Waals surface area (Å²) in [5.41, 5.74) is 2.35. The summed E-state index contributed by atoms with van der Waals surface area (Å²) in [4.78, 5) is 1.23. The highest BCUT2D eigenvalue weighted by atomic mass is 32.1. The SMILES string of the molecule is OCCCCCCNCc1cn[nH]c1-c1cccs1. The molecule has 0 bridgehead atoms. The third kappa shape index (κ3) is 4.45. The normalized spacial score (nSPS) is 11.0. The molecule has 0 saturated carbocycles. The van der Waals surface area contributed by atoms with Crippen LogP contribution < -0.4 is 5.32 Å². The fourth-order valence-corrected chi connectivity index (χ4v) is 2.77. The van der Waals surface area contributed by atoms with Gasteiger partial charge in [-0.1, -0.05) is 18.9 Å². The lowest BCUT2D eigenvalue weighted by Gasteiger charge is -2.04. The molecule has 0 radical (unpaired) electrons. The van der Waals surface area contributed by atoms with Gasteiger partial charge in [0.05, 0.1) is 16.8 Å². The van der Waals surface area contributed by atoms with Crippen LogP contribution in [0.2, 0.25) is 0 Å². The zero-order valence-corrected chi connectivity index (χ0v) is 11.9. The van der Waals surface area contributed by atoms with Crippen LogP contribution in [0.25, 0.3) is 10.6 Å². The quantitative estimate of drug-likeness (QED) is 0.619. The fourth-order valence-electron chi connectivity index (χ4n) is 2.02. The number of rotatable bonds is 9. The van der Waals surface area contributed by atoms with E-state index in [2.05, 4.69) is 33.0 Å². The minimum atomic E-state index is 0.312. The second kappa shape index (κ2) is 8.09. The van der Waals surface area contributed by atoms with Crippen LogP contribution >= 0.6 is 11.3 Å². The summed E-state index contributed by atoms with van der Waals surface area (Å²) in [6.45, 7) is 2.18. The highest BCUT2D eigenvalue weighted by Crippen LogP contribution is 2.25. The Hall–Kier alpha value is -1.17. The van der Waals surface area contributed by atoms with Crippen LogP contribution in [0.1, 0.15) is 31.2 Å². The Morgan fingerprint density at radius 3 is 2.95 bits per heavy atom. The van der Waals surface area contributed by atoms with Crippen molar-refractivity contribution in [2.45, 2.75) is 32.2 Å². The molecule has 0 fully saturated rings. The maximum atomic E-state index is 8.69. The average Bonchev–Trinajstić information content (AvgIpc) is 3.08. The number of hydrogen-bond donors (Lipinski definition) is 3. The number of unbranched alkanes of at least 4 members (excludes halogenated alkanes) is 3. The van der Waals surface area contributed by atoms with Crippen molar-refractivity contribution in [1.29, 1.82) is 0 Å². The number of aromatic amines is 1. The van der Waals surface area contributed by atoms with E-state index in [9.17, 15) is 0 Å². The molecule has 104 valence electrons. The van der Waals surface area contributed by atoms with Crippen LogP contribution in [-0.2, 0) is 6.54 Å². The highest BCUT2D eigenvalue weighted by molar-refractivity contribution is 7.13. The summed E-state index contributed by atoms with van der Waals surface area (Å²) in [5, 5.41) is 21.4. The van der Waals surface area contributed by atoms with E-state index in [-0.39, 0.29) is 0 Å². The van der Waals surface area contributed by atoms with Crippen molar-refractivity contribution in [3.63, 3.8) is 0 Å². The number of nitrogens with zero attached hydrogens (tertiary/aromatic N) is 1. The number of aliphatic hydroxyl groups is 1. The molecule has 2 rings (SSSR count). The van der Waals surface area contributed by atoms with Crippen LogP contribution in [-0.4, -0.2) is 28.5 Å². The topological polar surface area (TPSA) is 60.9 Å². The van der Waals surface area contributed by atoms with Gasteiger partial charge in [-0.05, 0) is 30.8 Å². The third-order valence-corrected chi connectivity index (χ3v) is 3.95. The van der Waals surface area contributed by atoms with E-state index in [0.29, 0.717) is 6.61 Å². The standard InChI is InChI=1S/C14H21N3OS/c18-8-4-2-1-3-7-15-10-12-11-16-17-14(12)13-6-5-9-19-13/h5-6,9,11,15,18H,1-4,7-8,10H2,(H,16,17). The Kier molecular flexibility index (Phi) is 6.07. The molecule has 2 aromatic rings. The van der Waals surface area contributed by atoms with E-state index in [1.165, 1.54) is 16.9 Å². The number of aliphatic hydroxyl groups excluding tert-OH is 1. The average molecular weight is 279 g/mol. The van der Waals surface area contributed by atoms with Gasteiger partial charge in [0.15, 0.2) is 0 Å². The van der Waals surface area contributed by atoms with Gasteiger partial charge in [-0.2, -0.15) is 5.10 Å². The molecule has 0 atom stereocenters. The molecule has 0 aliphatic carbocycles. The smallest absolute Gasteiger partial charge is 0.0794 e. The molecule has 0 aliphatic heterocycles. The molecule has 0 spiro atoms. The predicted molar refractivity (Wildman–Crippen MR) is 79.2 cm³/mol. The van der Waals surface area contributed by atoms with E-state index in [4.69, 9.17) is 5.11 Å². The molecule has 0 aromatic carbocycles. The van der Waals surface area contributed by atoms with Crippen molar-refractivity contribution < 1.29 is 5.11 Å². The van der Waals surface area contributed by atoms with Crippen molar-refractivity contribution in [3.8, 4) is 10.6 Å². The van der Waals surface area contributed by atoms with Gasteiger partial charge in [0.25, 0.3) is 0 Å². The molecule has 2 aromatic heterocycles. The molecule has 2 heterocycles. The predicted octanol–water partition coefficient (Wildman–Crippen LogP) is 2.78. The van der Waals surface area contributed by atoms with Gasteiger partial charge < -0.3 is 10.4 Å². The number of H-pyrrole nitrogens is 1. The van der Waals surface area contributed by atoms with Crippen LogP contribution in [0.3, 0.4) is 0 Å². The van der Waals surface area contributed by atoms with E-state index in [1.807, 2.05) is 6.20 Å². The molecular weight excluding hydrogens is 258 g/mol. The lowest BCUT2D eigenvalue weighted by Crippen LogP contribution is -2.14. The number of nitrogens with one attached hydrogen (secondary N) is 2. The van der Waals surface area contributed by atoms with Crippen molar-refractivity contribution in [3.05, 3.63) is 29.3 Å². The highest BCUT2D eigenvalue weighted by Gasteiger charge is 2.07. The number of thiophene rings is 1. The third-order valence-electron chi connectivity index (χ3n) is 3.06. The van der Waals surface area contributed by atoms with Crippen LogP contribution in [0.4, 0.5) is 0 Å². The second-order valence-corrected chi connectivity index (χ2v) is 5.51. The van der Waals surface area contributed by atoms with E-state index >= 15 is 0 Å². The lowest BCUT2D eigenvalue weighted by atomic mass is 10.2. The molecule has 0 saturated heterocycles. The Bertz CT molecular complexity index is 453. The number of hydrogen-bond acceptors (Lipinski definition) is 4. The molecule has 0 aliphatic rings. The molecular formula is C14H21N3OS. The van der Waals surface area contributed by atoms with Gasteiger partial charge in [0.1, 0.15) is 0 Å². The van der Waals surface area contributed by atoms with Crippen molar-refractivity contribution in [2.75, 3.05) is 13.2 Å². The fraction of sp³-hybridized carbons (Fsp3) is 0.500. The monoisotopic (exact) mass is 279 g/mol. The Morgan fingerprint density at radius 1 is 1.26 bits per heavy atom. The van der Waals surface area contributed by atoms with E-state index in [1.54, 1.807) is 11.3 Å². The number of aromatic nitrogens is 2. The largest absolute Gasteiger partial charge is 0.396 e. The Morgan fingerprint density at radius 2 is 2.16 bits per heavy atom. The van der Waals surface area contributed by atoms with Gasteiger partial charge in [0, 0.05) is 18.7 Å². The van der Waals surface area contributed by atoms with Gasteiger partial charge >= 0.3 is 0 Å². The van der Waals surface area contributed by atoms with Gasteiger partial charge in [0.2, 0.25) is 0 Å². The minimum Gasteiger partial charge on any atom is -0.396 e. The summed E-state index contributed by atoms with van der Waals surface area (Å²) < 4.78 is 0. The molecule has 19 heavy (non-hydrogen) atoms. The summed E-state index contributed by atoms with van der Waals surface area (Å²) in [5.74, 6) is 0. The molecule has 0 unspecified atom stereocenters. The molecule has 5 heteroatoms. The van der Waals surface area contributed by atoms with Crippen LogP contribution in [0.5, 0.6) is 0 Å². The molecule has 3 N–H and O–H groups in total. The lowest BCUT2D eigenvalue weighted by molar-refractivity contribution is 0.282. The van der Waals surface area contributed by atoms with Crippen molar-refractivity contribution >= 4 is 11.3 Å². The van der Waals surface area contributed by atoms with Gasteiger partial charge in [-0.3, -0.25) is 5.10 Å². The van der Waals surface area contributed by atoms with Crippen molar-refractivity contribution in [2.24, 2.45) is 0 Å². The van der Waals surface area contributed by atoms with E-state index < -0.39 is 0 Å². The van der Waals surface area contributed by atoms with Gasteiger partial charge in [-0.25, -0.2) is 0 Å². The summed E-state index contributed by atoms with van der Waals surface area (Å²) >= 11 is 1.72. The van der Waals surface area contributed by atoms with Crippen molar-refractivity contribution in [1.82, 2.24) is 15.5 Å². The zero-order valence-electron chi connectivity index (χ0n) is 11.1. The maximum absolute atomic E-state index is 8.69. The first kappa shape index (κ1) is 14.2. The second-order valence-electron chi connectivity index (χ2n) is 4.56. The van der Waals surface area contributed by atoms with E-state index in [0.717, 1.165) is 38.0 Å². The first-order chi connectivity index (χ1) is 9.42.